The summed E-state index contributed by atoms with van der Waals surface area (Å²) >= 11 is -2.56. The summed E-state index contributed by atoms with van der Waals surface area (Å²) in [5, 5.41) is 20.9. The summed E-state index contributed by atoms with van der Waals surface area (Å²) in [6, 6.07) is 0. The Balaban J connectivity index is 4.73. The van der Waals surface area contributed by atoms with Crippen molar-refractivity contribution in [3.63, 3.8) is 0 Å². The van der Waals surface area contributed by atoms with E-state index >= 15 is 0 Å². The third-order valence-electron chi connectivity index (χ3n) is 4.42. The van der Waals surface area contributed by atoms with Gasteiger partial charge in [0.2, 0.25) is 0 Å². The second-order valence-electron chi connectivity index (χ2n) is 7.39. The molecule has 0 unspecified atom stereocenters. The number of carbonyl (C=O) groups is 1. The maximum atomic E-state index is 11.7. The number of unbranched alkanes of at least 4 members (excludes halogenated alkanes) is 5. The number of aliphatic hydroxyl groups is 2. The van der Waals surface area contributed by atoms with Crippen molar-refractivity contribution in [1.29, 1.82) is 0 Å². The van der Waals surface area contributed by atoms with Gasteiger partial charge in [0.15, 0.2) is 0 Å². The molecule has 0 aromatic carbocycles. The molecule has 23 heavy (non-hydrogen) atoms. The van der Waals surface area contributed by atoms with Crippen LogP contribution < -0.4 is 0 Å². The molecule has 0 saturated carbocycles. The van der Waals surface area contributed by atoms with E-state index in [-0.39, 0.29) is 0 Å². The van der Waals surface area contributed by atoms with Crippen molar-refractivity contribution >= 4 is 24.3 Å². The topological polar surface area (TPSA) is 66.8 Å². The average molecular weight is 435 g/mol. The Bertz CT molecular complexity index is 363. The summed E-state index contributed by atoms with van der Waals surface area (Å²) in [6.45, 7) is 6.31. The zero-order valence-electron chi connectivity index (χ0n) is 15.6. The molecule has 0 fully saturated rings. The third kappa shape index (κ3) is 8.54. The number of hydrogen-bond donors (Lipinski definition) is 2. The SMILES string of the molecule is C=[C]([C@H]([C@@H](O)CCCCCCCC)[C@@H](O)C(=O)OC)[Sn]([CH3])([CH3])[CH3]. The van der Waals surface area contributed by atoms with E-state index in [9.17, 15) is 15.0 Å². The molecule has 0 heterocycles. The van der Waals surface area contributed by atoms with Crippen LogP contribution in [-0.4, -0.2) is 53.9 Å². The van der Waals surface area contributed by atoms with Gasteiger partial charge in [0.05, 0.1) is 0 Å². The van der Waals surface area contributed by atoms with Crippen molar-refractivity contribution < 1.29 is 19.7 Å². The van der Waals surface area contributed by atoms with E-state index in [1.54, 1.807) is 0 Å². The standard InChI is InChI=1S/C15H27O4.3CH3.Sn/c1-4-6-7-8-9-10-11-13(16)12(5-2)14(17)15(18)19-3;;;;/h12-14,16-17H,2,4,6-11H2,1,3H3;3*1H3;/t12-,13+,14-;;;;/m1..../s1. The monoisotopic (exact) mass is 436 g/mol. The maximum absolute atomic E-state index is 11.7. The minimum atomic E-state index is -2.56. The van der Waals surface area contributed by atoms with Crippen LogP contribution in [0.5, 0.6) is 0 Å². The van der Waals surface area contributed by atoms with Crippen LogP contribution in [-0.2, 0) is 9.53 Å². The van der Waals surface area contributed by atoms with Crippen molar-refractivity contribution in [2.45, 2.75) is 78.9 Å². The molecule has 5 heteroatoms. The molecule has 0 bridgehead atoms. The molecule has 0 spiro atoms. The van der Waals surface area contributed by atoms with Crippen LogP contribution >= 0.6 is 0 Å². The summed E-state index contributed by atoms with van der Waals surface area (Å²) in [7, 11) is 1.26. The summed E-state index contributed by atoms with van der Waals surface area (Å²) in [5.74, 6) is -1.29. The van der Waals surface area contributed by atoms with Crippen molar-refractivity contribution in [3.8, 4) is 0 Å². The van der Waals surface area contributed by atoms with E-state index in [4.69, 9.17) is 0 Å². The molecule has 0 saturated heterocycles. The number of hydrogen-bond acceptors (Lipinski definition) is 4. The van der Waals surface area contributed by atoms with E-state index in [2.05, 4.69) is 33.1 Å². The molecule has 136 valence electrons. The van der Waals surface area contributed by atoms with Gasteiger partial charge in [-0.25, -0.2) is 0 Å². The molecule has 3 atom stereocenters. The van der Waals surface area contributed by atoms with Crippen LogP contribution in [0.1, 0.15) is 51.9 Å². The van der Waals surface area contributed by atoms with Gasteiger partial charge in [-0.05, 0) is 0 Å². The van der Waals surface area contributed by atoms with Crippen LogP contribution in [0.2, 0.25) is 14.8 Å². The van der Waals surface area contributed by atoms with Gasteiger partial charge in [-0.3, -0.25) is 0 Å². The van der Waals surface area contributed by atoms with Crippen molar-refractivity contribution in [1.82, 2.24) is 0 Å². The van der Waals surface area contributed by atoms with Gasteiger partial charge in [0.25, 0.3) is 0 Å². The van der Waals surface area contributed by atoms with Gasteiger partial charge in [0, 0.05) is 0 Å². The normalized spacial score (nSPS) is 15.8. The van der Waals surface area contributed by atoms with E-state index < -0.39 is 42.5 Å². The van der Waals surface area contributed by atoms with Crippen molar-refractivity contribution in [2.75, 3.05) is 7.11 Å². The Kier molecular flexibility index (Phi) is 11.4. The Hall–Kier alpha value is -0.0713. The summed E-state index contributed by atoms with van der Waals surface area (Å²) < 4.78 is 5.54. The van der Waals surface area contributed by atoms with E-state index in [0.29, 0.717) is 6.42 Å². The molecule has 0 amide bonds. The zero-order valence-corrected chi connectivity index (χ0v) is 18.5. The van der Waals surface area contributed by atoms with Crippen LogP contribution in [0.15, 0.2) is 10.2 Å². The first kappa shape index (κ1) is 22.9. The van der Waals surface area contributed by atoms with Crippen LogP contribution in [0, 0.1) is 5.92 Å². The fourth-order valence-electron chi connectivity index (χ4n) is 2.71. The molecule has 0 rings (SSSR count). The van der Waals surface area contributed by atoms with E-state index in [1.807, 2.05) is 0 Å². The van der Waals surface area contributed by atoms with Gasteiger partial charge in [-0.2, -0.15) is 0 Å². The van der Waals surface area contributed by atoms with Gasteiger partial charge in [-0.1, -0.05) is 0 Å². The number of rotatable bonds is 12. The number of carbonyl (C=O) groups excluding carboxylic acids is 1. The second kappa shape index (κ2) is 11.5. The molecule has 0 aromatic heterocycles. The molecule has 0 aliphatic rings. The Morgan fingerprint density at radius 1 is 1.09 bits per heavy atom. The Labute approximate surface area is 146 Å². The molecular weight excluding hydrogens is 399 g/mol. The van der Waals surface area contributed by atoms with Crippen LogP contribution in [0.4, 0.5) is 0 Å². The Morgan fingerprint density at radius 2 is 1.61 bits per heavy atom. The quantitative estimate of drug-likeness (QED) is 0.279. The summed E-state index contributed by atoms with van der Waals surface area (Å²) in [6.07, 6.45) is 5.38. The third-order valence-corrected chi connectivity index (χ3v) is 10.9. The van der Waals surface area contributed by atoms with Crippen molar-refractivity contribution in [3.05, 3.63) is 10.2 Å². The van der Waals surface area contributed by atoms with E-state index in [0.717, 1.165) is 16.4 Å². The fraction of sp³-hybridized carbons (Fsp3) is 0.833. The molecular formula is C18H36O4Sn. The number of ether oxygens (including phenoxy) is 1. The molecule has 2 N–H and O–H groups in total. The Morgan fingerprint density at radius 3 is 2.09 bits per heavy atom. The van der Waals surface area contributed by atoms with Gasteiger partial charge in [-0.15, -0.1) is 0 Å². The summed E-state index contributed by atoms with van der Waals surface area (Å²) in [4.78, 5) is 18.3. The van der Waals surface area contributed by atoms with Gasteiger partial charge in [0.1, 0.15) is 0 Å². The van der Waals surface area contributed by atoms with Crippen LogP contribution in [0.3, 0.4) is 0 Å². The number of aliphatic hydroxyl groups excluding tert-OH is 2. The van der Waals surface area contributed by atoms with Crippen LogP contribution in [0.25, 0.3) is 0 Å². The molecule has 4 nitrogen and oxygen atoms in total. The first-order valence-electron chi connectivity index (χ1n) is 8.80. The first-order chi connectivity index (χ1) is 10.7. The minimum absolute atomic E-state index is 0.589. The molecule has 0 aliphatic heterocycles. The van der Waals surface area contributed by atoms with Gasteiger partial charge >= 0.3 is 146 Å². The molecule has 0 aromatic rings. The first-order valence-corrected chi connectivity index (χ1v) is 18.8. The molecule has 0 radical (unpaired) electrons. The molecule has 0 aliphatic carbocycles. The average Bonchev–Trinajstić information content (AvgIpc) is 2.48. The number of esters is 1. The predicted molar refractivity (Wildman–Crippen MR) is 98.0 cm³/mol. The van der Waals surface area contributed by atoms with E-state index in [1.165, 1.54) is 32.8 Å². The summed E-state index contributed by atoms with van der Waals surface area (Å²) in [5.41, 5.74) is 0. The van der Waals surface area contributed by atoms with Gasteiger partial charge < -0.3 is 0 Å². The number of methoxy groups -OCH3 is 1. The fourth-order valence-corrected chi connectivity index (χ4v) is 6.57. The zero-order chi connectivity index (χ0) is 18.0. The second-order valence-corrected chi connectivity index (χ2v) is 22.1. The predicted octanol–water partition coefficient (Wildman–Crippen LogP) is 3.68. The van der Waals surface area contributed by atoms with Crippen molar-refractivity contribution in [2.24, 2.45) is 5.92 Å².